The molecule has 1 fully saturated rings. The number of hydrogen-bond donors (Lipinski definition) is 2. The van der Waals surface area contributed by atoms with Gasteiger partial charge in [0.15, 0.2) is 0 Å². The highest BCUT2D eigenvalue weighted by atomic mass is 16.5. The van der Waals surface area contributed by atoms with Gasteiger partial charge in [-0.25, -0.2) is 0 Å². The lowest BCUT2D eigenvalue weighted by molar-refractivity contribution is -0.119. The molecule has 1 saturated carbocycles. The summed E-state index contributed by atoms with van der Waals surface area (Å²) in [4.78, 5) is 11.5. The molecule has 1 aromatic carbocycles. The van der Waals surface area contributed by atoms with Crippen LogP contribution in [0.3, 0.4) is 0 Å². The molecule has 1 aromatic rings. The van der Waals surface area contributed by atoms with Crippen LogP contribution in [0.15, 0.2) is 24.3 Å². The van der Waals surface area contributed by atoms with E-state index in [-0.39, 0.29) is 5.91 Å². The van der Waals surface area contributed by atoms with E-state index >= 15 is 0 Å². The molecule has 0 radical (unpaired) electrons. The van der Waals surface area contributed by atoms with Crippen LogP contribution in [0.1, 0.15) is 19.8 Å². The Balaban J connectivity index is 1.69. The molecule has 0 unspecified atom stereocenters. The van der Waals surface area contributed by atoms with E-state index in [1.807, 2.05) is 31.2 Å². The molecule has 0 saturated heterocycles. The number of anilines is 1. The van der Waals surface area contributed by atoms with Gasteiger partial charge in [-0.05, 0) is 49.9 Å². The van der Waals surface area contributed by atoms with Gasteiger partial charge < -0.3 is 15.4 Å². The minimum atomic E-state index is 0.0517. The van der Waals surface area contributed by atoms with E-state index in [0.29, 0.717) is 13.2 Å². The molecule has 2 rings (SSSR count). The normalized spacial score (nSPS) is 14.1. The van der Waals surface area contributed by atoms with Crippen LogP contribution in [0, 0.1) is 5.92 Å². The Morgan fingerprint density at radius 3 is 2.67 bits per heavy atom. The third kappa shape index (κ3) is 4.28. The molecule has 2 N–H and O–H groups in total. The highest BCUT2D eigenvalue weighted by Gasteiger charge is 2.21. The van der Waals surface area contributed by atoms with Crippen molar-refractivity contribution in [1.82, 2.24) is 5.32 Å². The van der Waals surface area contributed by atoms with Crippen molar-refractivity contribution in [3.63, 3.8) is 0 Å². The van der Waals surface area contributed by atoms with Gasteiger partial charge in [0.1, 0.15) is 5.75 Å². The standard InChI is InChI=1S/C14H20N2O2/c1-2-18-13-7-5-12(6-8-13)15-10-14(17)16-9-11-3-4-11/h5-8,11,15H,2-4,9-10H2,1H3,(H,16,17). The van der Waals surface area contributed by atoms with E-state index in [2.05, 4.69) is 10.6 Å². The summed E-state index contributed by atoms with van der Waals surface area (Å²) in [6, 6.07) is 7.63. The second-order valence-corrected chi connectivity index (χ2v) is 4.56. The van der Waals surface area contributed by atoms with Crippen LogP contribution in [0.4, 0.5) is 5.69 Å². The van der Waals surface area contributed by atoms with Crippen molar-refractivity contribution in [3.05, 3.63) is 24.3 Å². The van der Waals surface area contributed by atoms with Crippen LogP contribution in [0.5, 0.6) is 5.75 Å². The van der Waals surface area contributed by atoms with Crippen LogP contribution in [0.2, 0.25) is 0 Å². The van der Waals surface area contributed by atoms with Crippen molar-refractivity contribution in [2.75, 3.05) is 25.0 Å². The number of carbonyl (C=O) groups excluding carboxylic acids is 1. The molecule has 98 valence electrons. The van der Waals surface area contributed by atoms with E-state index in [9.17, 15) is 4.79 Å². The minimum absolute atomic E-state index is 0.0517. The molecule has 0 aliphatic heterocycles. The SMILES string of the molecule is CCOc1ccc(NCC(=O)NCC2CC2)cc1. The van der Waals surface area contributed by atoms with Crippen LogP contribution in [-0.4, -0.2) is 25.6 Å². The molecule has 4 nitrogen and oxygen atoms in total. The van der Waals surface area contributed by atoms with Gasteiger partial charge in [0, 0.05) is 12.2 Å². The van der Waals surface area contributed by atoms with Crippen LogP contribution < -0.4 is 15.4 Å². The minimum Gasteiger partial charge on any atom is -0.494 e. The Hall–Kier alpha value is -1.71. The van der Waals surface area contributed by atoms with E-state index in [1.54, 1.807) is 0 Å². The lowest BCUT2D eigenvalue weighted by Gasteiger charge is -2.08. The van der Waals surface area contributed by atoms with Crippen molar-refractivity contribution in [3.8, 4) is 5.75 Å². The third-order valence-corrected chi connectivity index (χ3v) is 2.90. The smallest absolute Gasteiger partial charge is 0.239 e. The van der Waals surface area contributed by atoms with Crippen LogP contribution in [-0.2, 0) is 4.79 Å². The molecule has 4 heteroatoms. The Labute approximate surface area is 108 Å². The van der Waals surface area contributed by atoms with Crippen molar-refractivity contribution >= 4 is 11.6 Å². The highest BCUT2D eigenvalue weighted by Crippen LogP contribution is 2.27. The molecule has 18 heavy (non-hydrogen) atoms. The topological polar surface area (TPSA) is 50.4 Å². The maximum atomic E-state index is 11.5. The monoisotopic (exact) mass is 248 g/mol. The first-order valence-electron chi connectivity index (χ1n) is 6.51. The van der Waals surface area contributed by atoms with Crippen molar-refractivity contribution < 1.29 is 9.53 Å². The average molecular weight is 248 g/mol. The fourth-order valence-electron chi connectivity index (χ4n) is 1.66. The van der Waals surface area contributed by atoms with Crippen LogP contribution in [0.25, 0.3) is 0 Å². The summed E-state index contributed by atoms with van der Waals surface area (Å²) in [6.07, 6.45) is 2.51. The molecule has 0 heterocycles. The highest BCUT2D eigenvalue weighted by molar-refractivity contribution is 5.80. The first-order chi connectivity index (χ1) is 8.78. The molecule has 0 spiro atoms. The van der Waals surface area contributed by atoms with E-state index in [1.165, 1.54) is 12.8 Å². The van der Waals surface area contributed by atoms with E-state index < -0.39 is 0 Å². The number of amides is 1. The first-order valence-corrected chi connectivity index (χ1v) is 6.51. The summed E-state index contributed by atoms with van der Waals surface area (Å²) in [5.41, 5.74) is 0.931. The molecule has 1 aliphatic rings. The molecule has 1 amide bonds. The predicted octanol–water partition coefficient (Wildman–Crippen LogP) is 2.02. The molecule has 0 atom stereocenters. The molecule has 1 aliphatic carbocycles. The second-order valence-electron chi connectivity index (χ2n) is 4.56. The zero-order chi connectivity index (χ0) is 12.8. The molecular formula is C14H20N2O2. The number of nitrogens with one attached hydrogen (secondary N) is 2. The number of rotatable bonds is 7. The quantitative estimate of drug-likeness (QED) is 0.776. The van der Waals surface area contributed by atoms with Gasteiger partial charge in [-0.2, -0.15) is 0 Å². The van der Waals surface area contributed by atoms with Gasteiger partial charge in [-0.3, -0.25) is 4.79 Å². The maximum Gasteiger partial charge on any atom is 0.239 e. The average Bonchev–Trinajstić information content (AvgIpc) is 3.20. The van der Waals surface area contributed by atoms with Gasteiger partial charge >= 0.3 is 0 Å². The van der Waals surface area contributed by atoms with E-state index in [4.69, 9.17) is 4.74 Å². The lowest BCUT2D eigenvalue weighted by atomic mass is 10.3. The Kier molecular flexibility index (Phi) is 4.45. The van der Waals surface area contributed by atoms with Gasteiger partial charge in [-0.15, -0.1) is 0 Å². The zero-order valence-electron chi connectivity index (χ0n) is 10.7. The Morgan fingerprint density at radius 2 is 2.06 bits per heavy atom. The third-order valence-electron chi connectivity index (χ3n) is 2.90. The second kappa shape index (κ2) is 6.28. The van der Waals surface area contributed by atoms with Gasteiger partial charge in [0.25, 0.3) is 0 Å². The summed E-state index contributed by atoms with van der Waals surface area (Å²) in [6.45, 7) is 3.76. The summed E-state index contributed by atoms with van der Waals surface area (Å²) < 4.78 is 5.35. The lowest BCUT2D eigenvalue weighted by Crippen LogP contribution is -2.31. The number of ether oxygens (including phenoxy) is 1. The molecule has 0 aromatic heterocycles. The van der Waals surface area contributed by atoms with Crippen molar-refractivity contribution in [2.45, 2.75) is 19.8 Å². The molecular weight excluding hydrogens is 228 g/mol. The fraction of sp³-hybridized carbons (Fsp3) is 0.500. The van der Waals surface area contributed by atoms with Gasteiger partial charge in [0.05, 0.1) is 13.2 Å². The summed E-state index contributed by atoms with van der Waals surface area (Å²) in [5, 5.41) is 6.01. The Bertz CT molecular complexity index is 385. The first kappa shape index (κ1) is 12.7. The summed E-state index contributed by atoms with van der Waals surface area (Å²) >= 11 is 0. The summed E-state index contributed by atoms with van der Waals surface area (Å²) in [5.74, 6) is 1.62. The summed E-state index contributed by atoms with van der Waals surface area (Å²) in [7, 11) is 0. The number of benzene rings is 1. The predicted molar refractivity (Wildman–Crippen MR) is 71.8 cm³/mol. The van der Waals surface area contributed by atoms with Gasteiger partial charge in [0.2, 0.25) is 5.91 Å². The van der Waals surface area contributed by atoms with Crippen LogP contribution >= 0.6 is 0 Å². The van der Waals surface area contributed by atoms with E-state index in [0.717, 1.165) is 23.9 Å². The number of hydrogen-bond acceptors (Lipinski definition) is 3. The Morgan fingerprint density at radius 1 is 1.33 bits per heavy atom. The number of carbonyl (C=O) groups is 1. The molecule has 0 bridgehead atoms. The largest absolute Gasteiger partial charge is 0.494 e. The maximum absolute atomic E-state index is 11.5. The fourth-order valence-corrected chi connectivity index (χ4v) is 1.66. The zero-order valence-corrected chi connectivity index (χ0v) is 10.7. The van der Waals surface area contributed by atoms with Crippen molar-refractivity contribution in [1.29, 1.82) is 0 Å². The van der Waals surface area contributed by atoms with Gasteiger partial charge in [-0.1, -0.05) is 0 Å². The van der Waals surface area contributed by atoms with Crippen molar-refractivity contribution in [2.24, 2.45) is 5.92 Å².